The number of rotatable bonds is 12. The van der Waals surface area contributed by atoms with E-state index in [1.54, 1.807) is 17.8 Å². The maximum Gasteiger partial charge on any atom is 0.288 e. The molecule has 10 nitrogen and oxygen atoms in total. The zero-order valence-corrected chi connectivity index (χ0v) is 21.7. The second-order valence-electron chi connectivity index (χ2n) is 8.78. The van der Waals surface area contributed by atoms with Crippen molar-refractivity contribution in [2.45, 2.75) is 44.7 Å². The molecule has 3 rings (SSSR count). The van der Waals surface area contributed by atoms with Gasteiger partial charge in [0.15, 0.2) is 12.0 Å². The number of para-hydroxylation sites is 1. The van der Waals surface area contributed by atoms with Gasteiger partial charge in [0.05, 0.1) is 18.8 Å². The van der Waals surface area contributed by atoms with Crippen molar-refractivity contribution in [3.05, 3.63) is 63.8 Å². The Hall–Kier alpha value is -2.92. The van der Waals surface area contributed by atoms with Crippen LogP contribution in [-0.2, 0) is 30.8 Å². The molecule has 0 bridgehead atoms. The van der Waals surface area contributed by atoms with Gasteiger partial charge in [0.1, 0.15) is 0 Å². The number of ether oxygens (including phenoxy) is 4. The molecule has 2 aromatic rings. The first-order chi connectivity index (χ1) is 17.3. The molecule has 0 saturated carbocycles. The number of methoxy groups -OCH3 is 2. The van der Waals surface area contributed by atoms with Gasteiger partial charge in [-0.15, -0.1) is 0 Å². The van der Waals surface area contributed by atoms with Crippen LogP contribution in [0.5, 0.6) is 0 Å². The summed E-state index contributed by atoms with van der Waals surface area (Å²) >= 11 is 0. The molecule has 198 valence electrons. The quantitative estimate of drug-likeness (QED) is 0.349. The van der Waals surface area contributed by atoms with Gasteiger partial charge >= 0.3 is 0 Å². The normalized spacial score (nSPS) is 17.7. The van der Waals surface area contributed by atoms with Gasteiger partial charge in [-0.25, -0.2) is 4.68 Å². The number of carbonyl (C=O) groups is 1. The van der Waals surface area contributed by atoms with E-state index in [0.717, 1.165) is 11.4 Å². The molecule has 1 aromatic carbocycles. The zero-order valence-electron chi connectivity index (χ0n) is 21.7. The van der Waals surface area contributed by atoms with E-state index in [9.17, 15) is 9.59 Å². The highest BCUT2D eigenvalue weighted by Gasteiger charge is 2.34. The highest BCUT2D eigenvalue weighted by atomic mass is 16.7. The fourth-order valence-electron chi connectivity index (χ4n) is 4.30. The highest BCUT2D eigenvalue weighted by molar-refractivity contribution is 5.91. The molecule has 1 aliphatic heterocycles. The molecule has 2 heterocycles. The third-order valence-electron chi connectivity index (χ3n) is 6.39. The number of unbranched alkanes of at least 4 members (excludes halogenated alkanes) is 1. The van der Waals surface area contributed by atoms with Crippen LogP contribution in [0.3, 0.4) is 0 Å². The average Bonchev–Trinajstić information content (AvgIpc) is 3.12. The van der Waals surface area contributed by atoms with E-state index in [4.69, 9.17) is 24.1 Å². The molecule has 1 N–H and O–H groups in total. The summed E-state index contributed by atoms with van der Waals surface area (Å²) in [6.45, 7) is 2.54. The molecular formula is C26H37N3O7. The molecule has 1 amide bonds. The smallest absolute Gasteiger partial charge is 0.288 e. The number of aromatic nitrogens is 2. The summed E-state index contributed by atoms with van der Waals surface area (Å²) in [5.41, 5.74) is 1.99. The number of likely N-dealkylation sites (N-methyl/N-ethyl adjacent to an activating group) is 1. The fraction of sp³-hybridized carbons (Fsp3) is 0.538. The lowest BCUT2D eigenvalue weighted by Crippen LogP contribution is -2.39. The van der Waals surface area contributed by atoms with E-state index in [2.05, 4.69) is 0 Å². The molecule has 1 aliphatic rings. The lowest BCUT2D eigenvalue weighted by atomic mass is 9.93. The topological polar surface area (TPSA) is 104 Å². The number of carbonyl (C=O) groups excluding carboxylic acids is 1. The molecule has 0 radical (unpaired) electrons. The van der Waals surface area contributed by atoms with Gasteiger partial charge < -0.3 is 29.0 Å². The first kappa shape index (κ1) is 27.7. The second kappa shape index (κ2) is 12.9. The number of aliphatic hydroxyl groups excluding tert-OH is 1. The molecular weight excluding hydrogens is 466 g/mol. The zero-order chi connectivity index (χ0) is 26.2. The molecule has 36 heavy (non-hydrogen) atoms. The Morgan fingerprint density at radius 1 is 1.22 bits per heavy atom. The summed E-state index contributed by atoms with van der Waals surface area (Å²) in [6.07, 6.45) is 2.06. The van der Waals surface area contributed by atoms with E-state index in [-0.39, 0.29) is 30.4 Å². The Kier molecular flexibility index (Phi) is 9.89. The molecule has 0 aliphatic carbocycles. The van der Waals surface area contributed by atoms with E-state index < -0.39 is 18.5 Å². The lowest BCUT2D eigenvalue weighted by Gasteiger charge is -2.31. The lowest BCUT2D eigenvalue weighted by molar-refractivity contribution is -0.158. The summed E-state index contributed by atoms with van der Waals surface area (Å²) in [6, 6.07) is 9.42. The van der Waals surface area contributed by atoms with Crippen molar-refractivity contribution in [3.8, 4) is 5.69 Å². The van der Waals surface area contributed by atoms with E-state index >= 15 is 0 Å². The Morgan fingerprint density at radius 3 is 2.56 bits per heavy atom. The van der Waals surface area contributed by atoms with Crippen LogP contribution in [0.15, 0.2) is 47.0 Å². The van der Waals surface area contributed by atoms with Gasteiger partial charge in [0.25, 0.3) is 11.5 Å². The number of nitrogens with zero attached hydrogens (tertiary/aromatic N) is 3. The van der Waals surface area contributed by atoms with Crippen LogP contribution in [0.1, 0.15) is 36.4 Å². The Morgan fingerprint density at radius 2 is 1.92 bits per heavy atom. The Labute approximate surface area is 211 Å². The van der Waals surface area contributed by atoms with Crippen molar-refractivity contribution in [2.75, 3.05) is 41.0 Å². The van der Waals surface area contributed by atoms with Gasteiger partial charge in [-0.2, -0.15) is 0 Å². The Bertz CT molecular complexity index is 1090. The molecule has 0 saturated heterocycles. The van der Waals surface area contributed by atoms with Gasteiger partial charge in [-0.3, -0.25) is 14.3 Å². The van der Waals surface area contributed by atoms with Crippen LogP contribution in [-0.4, -0.2) is 78.9 Å². The summed E-state index contributed by atoms with van der Waals surface area (Å²) in [5, 5.41) is 9.06. The van der Waals surface area contributed by atoms with Crippen molar-refractivity contribution in [2.24, 2.45) is 7.05 Å². The first-order valence-corrected chi connectivity index (χ1v) is 12.1. The standard InChI is InChI=1S/C26H37N3O7/c1-18-24(26(32)29(28(18)3)20-11-7-6-8-12-20)19-15-21(25(31)27(2)17-23(33-4)34-5)36-22(16-19)35-14-10-9-13-30/h6-8,11-12,15,19,22-23,30H,9-10,13-14,16-17H2,1-5H3/t19-,22+/m1/s1. The number of hydrogen-bond acceptors (Lipinski definition) is 7. The average molecular weight is 504 g/mol. The van der Waals surface area contributed by atoms with Crippen molar-refractivity contribution < 1.29 is 28.8 Å². The highest BCUT2D eigenvalue weighted by Crippen LogP contribution is 2.32. The third-order valence-corrected chi connectivity index (χ3v) is 6.39. The Balaban J connectivity index is 1.96. The number of aliphatic hydroxyl groups is 1. The molecule has 1 aromatic heterocycles. The number of hydrogen-bond donors (Lipinski definition) is 1. The summed E-state index contributed by atoms with van der Waals surface area (Å²) in [4.78, 5) is 28.4. The molecule has 10 heteroatoms. The van der Waals surface area contributed by atoms with E-state index in [1.807, 2.05) is 49.0 Å². The number of benzene rings is 1. The van der Waals surface area contributed by atoms with Gasteiger partial charge in [0.2, 0.25) is 6.29 Å². The van der Waals surface area contributed by atoms with Crippen molar-refractivity contribution in [1.82, 2.24) is 14.3 Å². The van der Waals surface area contributed by atoms with Crippen molar-refractivity contribution in [1.29, 1.82) is 0 Å². The SMILES string of the molecule is COC(CN(C)C(=O)C1=C[C@@H](c2c(C)n(C)n(-c3ccccc3)c2=O)C[C@@H](OCCCCO)O1)OC. The fourth-order valence-corrected chi connectivity index (χ4v) is 4.30. The predicted molar refractivity (Wildman–Crippen MR) is 134 cm³/mol. The van der Waals surface area contributed by atoms with Crippen LogP contribution in [0, 0.1) is 6.92 Å². The minimum absolute atomic E-state index is 0.0777. The maximum absolute atomic E-state index is 13.6. The van der Waals surface area contributed by atoms with Crippen molar-refractivity contribution >= 4 is 5.91 Å². The number of amides is 1. The maximum atomic E-state index is 13.6. The van der Waals surface area contributed by atoms with Crippen LogP contribution in [0.4, 0.5) is 0 Å². The minimum atomic E-state index is -0.712. The summed E-state index contributed by atoms with van der Waals surface area (Å²) in [7, 11) is 6.49. The van der Waals surface area contributed by atoms with Crippen LogP contribution in [0.2, 0.25) is 0 Å². The molecule has 2 atom stereocenters. The second-order valence-corrected chi connectivity index (χ2v) is 8.78. The monoisotopic (exact) mass is 503 g/mol. The van der Waals surface area contributed by atoms with Crippen LogP contribution < -0.4 is 5.56 Å². The van der Waals surface area contributed by atoms with Crippen LogP contribution in [0.25, 0.3) is 5.69 Å². The largest absolute Gasteiger partial charge is 0.459 e. The molecule has 0 unspecified atom stereocenters. The predicted octanol–water partition coefficient (Wildman–Crippen LogP) is 2.06. The summed E-state index contributed by atoms with van der Waals surface area (Å²) < 4.78 is 25.7. The number of allylic oxidation sites excluding steroid dienone is 1. The minimum Gasteiger partial charge on any atom is -0.459 e. The van der Waals surface area contributed by atoms with Gasteiger partial charge in [0, 0.05) is 58.5 Å². The molecule has 0 spiro atoms. The first-order valence-electron chi connectivity index (χ1n) is 12.1. The molecule has 0 fully saturated rings. The van der Waals surface area contributed by atoms with Crippen molar-refractivity contribution in [3.63, 3.8) is 0 Å². The van der Waals surface area contributed by atoms with Gasteiger partial charge in [-0.1, -0.05) is 18.2 Å². The van der Waals surface area contributed by atoms with E-state index in [1.165, 1.54) is 19.1 Å². The van der Waals surface area contributed by atoms with Gasteiger partial charge in [-0.05, 0) is 38.0 Å². The summed E-state index contributed by atoms with van der Waals surface area (Å²) in [5.74, 6) is -0.640. The van der Waals surface area contributed by atoms with Crippen LogP contribution >= 0.6 is 0 Å². The van der Waals surface area contributed by atoms with E-state index in [0.29, 0.717) is 31.4 Å². The third kappa shape index (κ3) is 6.25.